The average molecular weight is 359 g/mol. The van der Waals surface area contributed by atoms with Gasteiger partial charge in [-0.1, -0.05) is 70.2 Å². The van der Waals surface area contributed by atoms with Gasteiger partial charge in [0.25, 0.3) is 0 Å². The van der Waals surface area contributed by atoms with Crippen molar-refractivity contribution in [3.05, 3.63) is 49.1 Å². The Bertz CT molecular complexity index is 530. The summed E-state index contributed by atoms with van der Waals surface area (Å²) >= 11 is 0. The van der Waals surface area contributed by atoms with Crippen LogP contribution in [0.15, 0.2) is 49.1 Å². The minimum absolute atomic E-state index is 0.155. The standard InChI is InChI=1S/C25H42O/c1-9-25(8,26)17-11-10-15-23(4,5)18-14-20(2)19-22-21(3)13-12-16-24(22,6)7/h9-10,15,22,26H,1-3,11-14,16-19H2,4-8H3/b15-10+. The summed E-state index contributed by atoms with van der Waals surface area (Å²) in [6, 6.07) is 0. The highest BCUT2D eigenvalue weighted by Gasteiger charge is 2.34. The van der Waals surface area contributed by atoms with E-state index in [0.717, 1.165) is 25.7 Å². The van der Waals surface area contributed by atoms with Crippen LogP contribution in [0.5, 0.6) is 0 Å². The maximum absolute atomic E-state index is 9.98. The summed E-state index contributed by atoms with van der Waals surface area (Å²) < 4.78 is 0. The van der Waals surface area contributed by atoms with Crippen LogP contribution in [0.4, 0.5) is 0 Å². The zero-order chi connectivity index (χ0) is 20.0. The summed E-state index contributed by atoms with van der Waals surface area (Å²) in [7, 11) is 0. The highest BCUT2D eigenvalue weighted by atomic mass is 16.3. The van der Waals surface area contributed by atoms with Gasteiger partial charge in [0.15, 0.2) is 0 Å². The van der Waals surface area contributed by atoms with Crippen molar-refractivity contribution in [1.82, 2.24) is 0 Å². The van der Waals surface area contributed by atoms with Crippen LogP contribution in [0, 0.1) is 16.7 Å². The van der Waals surface area contributed by atoms with Crippen molar-refractivity contribution in [2.24, 2.45) is 16.7 Å². The zero-order valence-electron chi connectivity index (χ0n) is 18.0. The van der Waals surface area contributed by atoms with Crippen LogP contribution >= 0.6 is 0 Å². The first-order valence-electron chi connectivity index (χ1n) is 10.3. The molecule has 1 nitrogen and oxygen atoms in total. The van der Waals surface area contributed by atoms with E-state index in [-0.39, 0.29) is 5.41 Å². The van der Waals surface area contributed by atoms with Gasteiger partial charge in [-0.3, -0.25) is 0 Å². The SMILES string of the molecule is C=CC(C)(O)CC/C=C/C(C)(C)CCC(=C)CC1C(=C)CCCC1(C)C. The predicted octanol–water partition coefficient (Wildman–Crippen LogP) is 7.40. The summed E-state index contributed by atoms with van der Waals surface area (Å²) in [6.45, 7) is 23.6. The van der Waals surface area contributed by atoms with Crippen molar-refractivity contribution in [3.8, 4) is 0 Å². The quantitative estimate of drug-likeness (QED) is 0.403. The Morgan fingerprint density at radius 2 is 1.92 bits per heavy atom. The summed E-state index contributed by atoms with van der Waals surface area (Å²) in [5.74, 6) is 0.587. The van der Waals surface area contributed by atoms with Gasteiger partial charge in [-0.05, 0) is 75.0 Å². The van der Waals surface area contributed by atoms with E-state index in [1.165, 1.54) is 30.4 Å². The molecule has 1 heteroatoms. The first kappa shape index (κ1) is 23.0. The Labute approximate surface area is 163 Å². The second kappa shape index (κ2) is 9.22. The molecule has 0 aromatic carbocycles. The van der Waals surface area contributed by atoms with Gasteiger partial charge in [0.05, 0.1) is 5.60 Å². The lowest BCUT2D eigenvalue weighted by molar-refractivity contribution is 0.103. The van der Waals surface area contributed by atoms with E-state index in [0.29, 0.717) is 17.8 Å². The van der Waals surface area contributed by atoms with Crippen molar-refractivity contribution in [1.29, 1.82) is 0 Å². The van der Waals surface area contributed by atoms with Gasteiger partial charge in [0.2, 0.25) is 0 Å². The monoisotopic (exact) mass is 358 g/mol. The molecule has 0 spiro atoms. The summed E-state index contributed by atoms with van der Waals surface area (Å²) in [5, 5.41) is 9.98. The Balaban J connectivity index is 2.47. The Morgan fingerprint density at radius 3 is 2.50 bits per heavy atom. The largest absolute Gasteiger partial charge is 0.386 e. The van der Waals surface area contributed by atoms with Crippen molar-refractivity contribution < 1.29 is 5.11 Å². The highest BCUT2D eigenvalue weighted by Crippen LogP contribution is 2.46. The molecular weight excluding hydrogens is 316 g/mol. The van der Waals surface area contributed by atoms with Gasteiger partial charge in [-0.2, -0.15) is 0 Å². The zero-order valence-corrected chi connectivity index (χ0v) is 18.0. The topological polar surface area (TPSA) is 20.2 Å². The molecule has 0 aromatic rings. The predicted molar refractivity (Wildman–Crippen MR) is 116 cm³/mol. The van der Waals surface area contributed by atoms with Gasteiger partial charge in [0.1, 0.15) is 0 Å². The molecule has 0 aromatic heterocycles. The van der Waals surface area contributed by atoms with Crippen molar-refractivity contribution in [2.75, 3.05) is 0 Å². The van der Waals surface area contributed by atoms with E-state index < -0.39 is 5.60 Å². The fourth-order valence-corrected chi connectivity index (χ4v) is 3.95. The average Bonchev–Trinajstić information content (AvgIpc) is 2.53. The molecular formula is C25H42O. The van der Waals surface area contributed by atoms with Gasteiger partial charge >= 0.3 is 0 Å². The molecule has 1 aliphatic rings. The number of hydrogen-bond acceptors (Lipinski definition) is 1. The summed E-state index contributed by atoms with van der Waals surface area (Å²) in [6.07, 6.45) is 14.7. The lowest BCUT2D eigenvalue weighted by Gasteiger charge is -2.41. The molecule has 1 rings (SSSR count). The molecule has 0 heterocycles. The molecule has 0 amide bonds. The summed E-state index contributed by atoms with van der Waals surface area (Å²) in [4.78, 5) is 0. The minimum Gasteiger partial charge on any atom is -0.386 e. The second-order valence-corrected chi connectivity index (χ2v) is 10.00. The fourth-order valence-electron chi connectivity index (χ4n) is 3.95. The molecule has 148 valence electrons. The smallest absolute Gasteiger partial charge is 0.0800 e. The number of hydrogen-bond donors (Lipinski definition) is 1. The lowest BCUT2D eigenvalue weighted by atomic mass is 9.64. The second-order valence-electron chi connectivity index (χ2n) is 10.00. The van der Waals surface area contributed by atoms with Crippen LogP contribution in [0.2, 0.25) is 0 Å². The van der Waals surface area contributed by atoms with Crippen LogP contribution in [0.3, 0.4) is 0 Å². The van der Waals surface area contributed by atoms with Crippen molar-refractivity contribution in [3.63, 3.8) is 0 Å². The maximum Gasteiger partial charge on any atom is 0.0800 e. The van der Waals surface area contributed by atoms with Crippen molar-refractivity contribution in [2.45, 2.75) is 91.6 Å². The van der Waals surface area contributed by atoms with Gasteiger partial charge in [-0.25, -0.2) is 0 Å². The third-order valence-corrected chi connectivity index (χ3v) is 6.20. The Kier molecular flexibility index (Phi) is 8.14. The van der Waals surface area contributed by atoms with Gasteiger partial charge < -0.3 is 5.11 Å². The molecule has 0 bridgehead atoms. The van der Waals surface area contributed by atoms with Crippen LogP contribution in [-0.4, -0.2) is 10.7 Å². The number of aliphatic hydroxyl groups is 1. The first-order valence-corrected chi connectivity index (χ1v) is 10.3. The molecule has 1 saturated carbocycles. The highest BCUT2D eigenvalue weighted by molar-refractivity contribution is 5.14. The molecule has 0 saturated heterocycles. The van der Waals surface area contributed by atoms with Crippen molar-refractivity contribution >= 4 is 0 Å². The Hall–Kier alpha value is -1.08. The summed E-state index contributed by atoms with van der Waals surface area (Å²) in [5.41, 5.74) is 2.54. The molecule has 2 unspecified atom stereocenters. The van der Waals surface area contributed by atoms with Crippen LogP contribution in [0.1, 0.15) is 86.0 Å². The molecule has 2 atom stereocenters. The number of rotatable bonds is 10. The third kappa shape index (κ3) is 7.66. The van der Waals surface area contributed by atoms with E-state index in [1.54, 1.807) is 6.08 Å². The molecule has 1 N–H and O–H groups in total. The van der Waals surface area contributed by atoms with E-state index in [4.69, 9.17) is 0 Å². The van der Waals surface area contributed by atoms with Crippen LogP contribution in [0.25, 0.3) is 0 Å². The van der Waals surface area contributed by atoms with Crippen LogP contribution < -0.4 is 0 Å². The van der Waals surface area contributed by atoms with Gasteiger partial charge in [0, 0.05) is 0 Å². The van der Waals surface area contributed by atoms with E-state index in [2.05, 4.69) is 59.6 Å². The molecule has 1 fully saturated rings. The van der Waals surface area contributed by atoms with Crippen LogP contribution in [-0.2, 0) is 0 Å². The molecule has 26 heavy (non-hydrogen) atoms. The normalized spacial score (nSPS) is 23.0. The van der Waals surface area contributed by atoms with Gasteiger partial charge in [-0.15, -0.1) is 6.58 Å². The molecule has 0 aliphatic heterocycles. The minimum atomic E-state index is -0.766. The van der Waals surface area contributed by atoms with E-state index in [9.17, 15) is 5.11 Å². The molecule has 0 radical (unpaired) electrons. The number of allylic oxidation sites excluding steroid dienone is 4. The first-order chi connectivity index (χ1) is 11.9. The molecule has 1 aliphatic carbocycles. The third-order valence-electron chi connectivity index (χ3n) is 6.20. The lowest BCUT2D eigenvalue weighted by Crippen LogP contribution is -2.29. The Morgan fingerprint density at radius 1 is 1.27 bits per heavy atom. The van der Waals surface area contributed by atoms with E-state index >= 15 is 0 Å². The fraction of sp³-hybridized carbons (Fsp3) is 0.680. The van der Waals surface area contributed by atoms with E-state index in [1.807, 2.05) is 6.92 Å². The maximum atomic E-state index is 9.98.